The van der Waals surface area contributed by atoms with E-state index < -0.39 is 10.0 Å². The van der Waals surface area contributed by atoms with Crippen LogP contribution in [0.2, 0.25) is 0 Å². The number of hydrogen-bond acceptors (Lipinski definition) is 2. The Bertz CT molecular complexity index is 521. The second-order valence-corrected chi connectivity index (χ2v) is 6.96. The summed E-state index contributed by atoms with van der Waals surface area (Å²) in [5.41, 5.74) is 1.71. The Morgan fingerprint density at radius 1 is 1.29 bits per heavy atom. The van der Waals surface area contributed by atoms with Crippen molar-refractivity contribution in [3.63, 3.8) is 0 Å². The summed E-state index contributed by atoms with van der Waals surface area (Å²) < 4.78 is 27.0. The zero-order valence-corrected chi connectivity index (χ0v) is 11.5. The fourth-order valence-corrected chi connectivity index (χ4v) is 3.95. The Hall–Kier alpha value is -0.580. The van der Waals surface area contributed by atoms with Gasteiger partial charge in [0.05, 0.1) is 4.90 Å². The van der Waals surface area contributed by atoms with Crippen molar-refractivity contribution in [2.24, 2.45) is 0 Å². The summed E-state index contributed by atoms with van der Waals surface area (Å²) in [7, 11) is -3.41. The minimum absolute atomic E-state index is 0.0117. The number of halogens is 1. The normalized spacial score (nSPS) is 24.4. The molecule has 1 aliphatic carbocycles. The largest absolute Gasteiger partial charge is 0.241 e. The van der Waals surface area contributed by atoms with E-state index in [9.17, 15) is 8.42 Å². The van der Waals surface area contributed by atoms with Crippen molar-refractivity contribution in [3.8, 4) is 0 Å². The van der Waals surface area contributed by atoms with E-state index in [2.05, 4.69) is 4.72 Å². The van der Waals surface area contributed by atoms with E-state index in [0.29, 0.717) is 17.7 Å². The Morgan fingerprint density at radius 3 is 2.53 bits per heavy atom. The first kappa shape index (κ1) is 12.9. The first-order valence-corrected chi connectivity index (χ1v) is 7.54. The van der Waals surface area contributed by atoms with Gasteiger partial charge in [-0.3, -0.25) is 0 Å². The molecule has 5 heteroatoms. The summed E-state index contributed by atoms with van der Waals surface area (Å²) in [6, 6.07) is 5.43. The average molecular weight is 274 g/mol. The van der Waals surface area contributed by atoms with Gasteiger partial charge in [-0.2, -0.15) is 0 Å². The zero-order valence-electron chi connectivity index (χ0n) is 9.90. The van der Waals surface area contributed by atoms with Crippen molar-refractivity contribution in [1.29, 1.82) is 0 Å². The molecule has 17 heavy (non-hydrogen) atoms. The molecule has 3 nitrogen and oxygen atoms in total. The van der Waals surface area contributed by atoms with Gasteiger partial charge in [-0.05, 0) is 43.9 Å². The Kier molecular flexibility index (Phi) is 3.48. The fraction of sp³-hybridized carbons (Fsp3) is 0.500. The molecule has 0 radical (unpaired) electrons. The molecule has 0 heterocycles. The predicted octanol–water partition coefficient (Wildman–Crippen LogP) is 2.35. The van der Waals surface area contributed by atoms with Crippen LogP contribution in [0, 0.1) is 13.8 Å². The SMILES string of the molecule is Cc1ccc(C)c(S(=O)(=O)NC2CC(Cl)C2)c1. The molecule has 1 N–H and O–H groups in total. The molecule has 0 amide bonds. The van der Waals surface area contributed by atoms with Crippen LogP contribution in [0.25, 0.3) is 0 Å². The van der Waals surface area contributed by atoms with Crippen molar-refractivity contribution in [3.05, 3.63) is 29.3 Å². The number of hydrogen-bond donors (Lipinski definition) is 1. The van der Waals surface area contributed by atoms with Gasteiger partial charge in [0.2, 0.25) is 10.0 Å². The van der Waals surface area contributed by atoms with Crippen LogP contribution in [0.15, 0.2) is 23.1 Å². The summed E-state index contributed by atoms with van der Waals surface area (Å²) in [5.74, 6) is 0. The van der Waals surface area contributed by atoms with Crippen molar-refractivity contribution in [1.82, 2.24) is 4.72 Å². The van der Waals surface area contributed by atoms with Crippen LogP contribution in [0.5, 0.6) is 0 Å². The standard InChI is InChI=1S/C12H16ClNO2S/c1-8-3-4-9(2)12(5-8)17(15,16)14-11-6-10(13)7-11/h3-5,10-11,14H,6-7H2,1-2H3. The highest BCUT2D eigenvalue weighted by molar-refractivity contribution is 7.89. The van der Waals surface area contributed by atoms with Crippen molar-refractivity contribution in [2.75, 3.05) is 0 Å². The predicted molar refractivity (Wildman–Crippen MR) is 68.9 cm³/mol. The highest BCUT2D eigenvalue weighted by atomic mass is 35.5. The molecule has 94 valence electrons. The third kappa shape index (κ3) is 2.81. The van der Waals surface area contributed by atoms with Crippen LogP contribution in [0.4, 0.5) is 0 Å². The Labute approximate surface area is 107 Å². The van der Waals surface area contributed by atoms with Crippen LogP contribution >= 0.6 is 11.6 Å². The lowest BCUT2D eigenvalue weighted by atomic mass is 9.94. The summed E-state index contributed by atoms with van der Waals surface area (Å²) in [6.07, 6.45) is 1.43. The molecule has 1 aliphatic rings. The van der Waals surface area contributed by atoms with E-state index in [4.69, 9.17) is 11.6 Å². The number of aryl methyl sites for hydroxylation is 2. The Morgan fingerprint density at radius 2 is 1.94 bits per heavy atom. The average Bonchev–Trinajstić information content (AvgIpc) is 2.19. The van der Waals surface area contributed by atoms with Gasteiger partial charge in [-0.1, -0.05) is 12.1 Å². The van der Waals surface area contributed by atoms with Gasteiger partial charge in [-0.25, -0.2) is 13.1 Å². The monoisotopic (exact) mass is 273 g/mol. The summed E-state index contributed by atoms with van der Waals surface area (Å²) in [5, 5.41) is 0.112. The molecule has 0 saturated heterocycles. The molecule has 0 aliphatic heterocycles. The molecule has 0 bridgehead atoms. The lowest BCUT2D eigenvalue weighted by molar-refractivity contribution is 0.391. The van der Waals surface area contributed by atoms with E-state index >= 15 is 0 Å². The van der Waals surface area contributed by atoms with Crippen LogP contribution in [-0.4, -0.2) is 19.8 Å². The molecule has 0 atom stereocenters. The molecular weight excluding hydrogens is 258 g/mol. The van der Waals surface area contributed by atoms with Gasteiger partial charge in [0.15, 0.2) is 0 Å². The molecule has 1 aromatic carbocycles. The summed E-state index contributed by atoms with van der Waals surface area (Å²) in [6.45, 7) is 3.69. The number of nitrogens with one attached hydrogen (secondary N) is 1. The van der Waals surface area contributed by atoms with Crippen molar-refractivity contribution in [2.45, 2.75) is 43.0 Å². The topological polar surface area (TPSA) is 46.2 Å². The molecule has 1 fully saturated rings. The molecule has 2 rings (SSSR count). The molecule has 1 saturated carbocycles. The van der Waals surface area contributed by atoms with Crippen molar-refractivity contribution < 1.29 is 8.42 Å². The highest BCUT2D eigenvalue weighted by Gasteiger charge is 2.31. The number of sulfonamides is 1. The third-order valence-corrected chi connectivity index (χ3v) is 5.05. The second-order valence-electron chi connectivity index (χ2n) is 4.66. The van der Waals surface area contributed by atoms with Gasteiger partial charge in [0, 0.05) is 11.4 Å². The molecule has 0 spiro atoms. The van der Waals surface area contributed by atoms with E-state index in [0.717, 1.165) is 11.1 Å². The van der Waals surface area contributed by atoms with Gasteiger partial charge >= 0.3 is 0 Å². The van der Waals surface area contributed by atoms with E-state index in [-0.39, 0.29) is 11.4 Å². The van der Waals surface area contributed by atoms with E-state index in [1.165, 1.54) is 0 Å². The first-order chi connectivity index (χ1) is 7.88. The minimum Gasteiger partial charge on any atom is -0.208 e. The van der Waals surface area contributed by atoms with Crippen molar-refractivity contribution >= 4 is 21.6 Å². The van der Waals surface area contributed by atoms with Gasteiger partial charge in [-0.15, -0.1) is 11.6 Å². The highest BCUT2D eigenvalue weighted by Crippen LogP contribution is 2.27. The molecule has 0 aromatic heterocycles. The Balaban J connectivity index is 2.22. The number of alkyl halides is 1. The fourth-order valence-electron chi connectivity index (χ4n) is 1.92. The van der Waals surface area contributed by atoms with Crippen LogP contribution in [-0.2, 0) is 10.0 Å². The smallest absolute Gasteiger partial charge is 0.208 e. The molecule has 1 aromatic rings. The summed E-state index contributed by atoms with van der Waals surface area (Å²) >= 11 is 5.84. The van der Waals surface area contributed by atoms with Crippen LogP contribution in [0.1, 0.15) is 24.0 Å². The lowest BCUT2D eigenvalue weighted by Crippen LogP contribution is -2.44. The van der Waals surface area contributed by atoms with E-state index in [1.54, 1.807) is 13.0 Å². The quantitative estimate of drug-likeness (QED) is 0.860. The van der Waals surface area contributed by atoms with Gasteiger partial charge < -0.3 is 0 Å². The maximum atomic E-state index is 12.2. The first-order valence-electron chi connectivity index (χ1n) is 5.62. The minimum atomic E-state index is -3.41. The lowest BCUT2D eigenvalue weighted by Gasteiger charge is -2.31. The molecule has 0 unspecified atom stereocenters. The van der Waals surface area contributed by atoms with E-state index in [1.807, 2.05) is 19.1 Å². The third-order valence-electron chi connectivity index (χ3n) is 3.04. The van der Waals surface area contributed by atoms with Gasteiger partial charge in [0.25, 0.3) is 0 Å². The summed E-state index contributed by atoms with van der Waals surface area (Å²) in [4.78, 5) is 0.371. The van der Waals surface area contributed by atoms with Gasteiger partial charge in [0.1, 0.15) is 0 Å². The molecular formula is C12H16ClNO2S. The van der Waals surface area contributed by atoms with Crippen LogP contribution in [0.3, 0.4) is 0 Å². The number of benzene rings is 1. The maximum absolute atomic E-state index is 12.2. The second kappa shape index (κ2) is 4.59. The van der Waals surface area contributed by atoms with Crippen LogP contribution < -0.4 is 4.72 Å². The zero-order chi connectivity index (χ0) is 12.6. The number of rotatable bonds is 3. The maximum Gasteiger partial charge on any atom is 0.241 e.